The highest BCUT2D eigenvalue weighted by atomic mass is 16.6. The Bertz CT molecular complexity index is 1040. The van der Waals surface area contributed by atoms with Gasteiger partial charge in [0.15, 0.2) is 0 Å². The number of hydrogen-bond donors (Lipinski definition) is 1. The quantitative estimate of drug-likeness (QED) is 0.330. The minimum absolute atomic E-state index is 0.201. The summed E-state index contributed by atoms with van der Waals surface area (Å²) in [7, 11) is 0. The average molecular weight is 528 g/mol. The Morgan fingerprint density at radius 3 is 2.42 bits per heavy atom. The van der Waals surface area contributed by atoms with Crippen LogP contribution in [0.4, 0.5) is 11.4 Å². The second-order valence-electron chi connectivity index (χ2n) is 10.2. The van der Waals surface area contributed by atoms with Crippen LogP contribution in [0.15, 0.2) is 36.9 Å². The van der Waals surface area contributed by atoms with Crippen LogP contribution in [0.1, 0.15) is 47.0 Å². The number of ether oxygens (including phenoxy) is 2. The van der Waals surface area contributed by atoms with Crippen molar-refractivity contribution in [2.75, 3.05) is 42.6 Å². The maximum absolute atomic E-state index is 14.5. The molecule has 208 valence electrons. The van der Waals surface area contributed by atoms with Crippen molar-refractivity contribution in [3.63, 3.8) is 0 Å². The molecular formula is C29H41N3O6. The number of fused-ring (bicyclic) bond motifs is 1. The summed E-state index contributed by atoms with van der Waals surface area (Å²) in [4.78, 5) is 46.8. The van der Waals surface area contributed by atoms with E-state index in [1.54, 1.807) is 17.9 Å². The van der Waals surface area contributed by atoms with Crippen LogP contribution in [0.2, 0.25) is 0 Å². The molecule has 1 aromatic rings. The standard InChI is InChI=1S/C29H41N3O6/c1-6-17-31(21-13-11-20(12-14-21)30(8-3)9-4)27(35)25-29-16-15-22(38-29)23(28(36)37-10-5)24(29)26(34)32(25)19(7-2)18-33/h6,11-14,19,22-25,33H,1,7-10,15-18H2,2-5H3/t19-,22-,23+,24-,25?,29?/m0/s1. The number of esters is 1. The molecule has 2 unspecified atom stereocenters. The molecule has 9 heteroatoms. The predicted molar refractivity (Wildman–Crippen MR) is 145 cm³/mol. The molecule has 2 amide bonds. The first-order chi connectivity index (χ1) is 18.3. The Hall–Kier alpha value is -2.91. The Morgan fingerprint density at radius 2 is 1.87 bits per heavy atom. The van der Waals surface area contributed by atoms with Gasteiger partial charge in [0.1, 0.15) is 11.6 Å². The van der Waals surface area contributed by atoms with E-state index in [1.165, 1.54) is 4.90 Å². The van der Waals surface area contributed by atoms with Crippen LogP contribution in [-0.2, 0) is 23.9 Å². The molecular weight excluding hydrogens is 486 g/mol. The van der Waals surface area contributed by atoms with E-state index in [2.05, 4.69) is 25.3 Å². The summed E-state index contributed by atoms with van der Waals surface area (Å²) < 4.78 is 11.8. The van der Waals surface area contributed by atoms with E-state index < -0.39 is 41.6 Å². The van der Waals surface area contributed by atoms with Crippen LogP contribution in [-0.4, -0.2) is 84.4 Å². The fourth-order valence-electron chi connectivity index (χ4n) is 6.72. The summed E-state index contributed by atoms with van der Waals surface area (Å²) in [5, 5.41) is 10.2. The van der Waals surface area contributed by atoms with Gasteiger partial charge in [-0.05, 0) is 64.3 Å². The molecule has 3 aliphatic rings. The number of aliphatic hydroxyl groups is 1. The van der Waals surface area contributed by atoms with E-state index in [1.807, 2.05) is 31.2 Å². The minimum Gasteiger partial charge on any atom is -0.466 e. The molecule has 1 N–H and O–H groups in total. The Labute approximate surface area is 225 Å². The highest BCUT2D eigenvalue weighted by Crippen LogP contribution is 2.59. The fourth-order valence-corrected chi connectivity index (χ4v) is 6.72. The number of benzene rings is 1. The van der Waals surface area contributed by atoms with Crippen molar-refractivity contribution in [1.82, 2.24) is 4.90 Å². The summed E-state index contributed by atoms with van der Waals surface area (Å²) in [5.74, 6) is -2.65. The summed E-state index contributed by atoms with van der Waals surface area (Å²) >= 11 is 0. The second kappa shape index (κ2) is 11.5. The van der Waals surface area contributed by atoms with Gasteiger partial charge in [0.2, 0.25) is 5.91 Å². The van der Waals surface area contributed by atoms with Gasteiger partial charge in [0.25, 0.3) is 5.91 Å². The van der Waals surface area contributed by atoms with Crippen molar-refractivity contribution in [3.8, 4) is 0 Å². The van der Waals surface area contributed by atoms with Crippen LogP contribution < -0.4 is 9.80 Å². The zero-order valence-electron chi connectivity index (χ0n) is 23.0. The molecule has 3 aliphatic heterocycles. The van der Waals surface area contributed by atoms with Gasteiger partial charge in [0.05, 0.1) is 37.2 Å². The number of anilines is 2. The zero-order chi connectivity index (χ0) is 27.6. The molecule has 1 spiro atoms. The average Bonchev–Trinajstić information content (AvgIpc) is 3.57. The molecule has 0 aromatic heterocycles. The van der Waals surface area contributed by atoms with Crippen LogP contribution in [0, 0.1) is 11.8 Å². The van der Waals surface area contributed by atoms with Crippen LogP contribution in [0.5, 0.6) is 0 Å². The number of rotatable bonds is 12. The first-order valence-corrected chi connectivity index (χ1v) is 13.9. The van der Waals surface area contributed by atoms with Crippen LogP contribution in [0.25, 0.3) is 0 Å². The van der Waals surface area contributed by atoms with E-state index in [9.17, 15) is 19.5 Å². The molecule has 6 atom stereocenters. The summed E-state index contributed by atoms with van der Waals surface area (Å²) in [6.45, 7) is 13.5. The lowest BCUT2D eigenvalue weighted by molar-refractivity contribution is -0.155. The molecule has 9 nitrogen and oxygen atoms in total. The number of carbonyl (C=O) groups is 3. The summed E-state index contributed by atoms with van der Waals surface area (Å²) in [6, 6.07) is 6.25. The smallest absolute Gasteiger partial charge is 0.312 e. The monoisotopic (exact) mass is 527 g/mol. The number of carbonyl (C=O) groups excluding carboxylic acids is 3. The van der Waals surface area contributed by atoms with Crippen LogP contribution >= 0.6 is 0 Å². The van der Waals surface area contributed by atoms with Gasteiger partial charge >= 0.3 is 5.97 Å². The Balaban J connectivity index is 1.76. The topological polar surface area (TPSA) is 99.6 Å². The predicted octanol–water partition coefficient (Wildman–Crippen LogP) is 2.76. The number of nitrogens with zero attached hydrogens (tertiary/aromatic N) is 3. The fraction of sp³-hybridized carbons (Fsp3) is 0.621. The molecule has 3 heterocycles. The molecule has 3 saturated heterocycles. The van der Waals surface area contributed by atoms with E-state index in [0.29, 0.717) is 24.9 Å². The molecule has 0 saturated carbocycles. The third-order valence-corrected chi connectivity index (χ3v) is 8.47. The maximum atomic E-state index is 14.5. The molecule has 0 radical (unpaired) electrons. The number of amides is 2. The SMILES string of the molecule is C=CCN(C(=O)C1N([C@@H](CC)CO)C(=O)[C@@H]2[C@H](C(=O)OCC)[C@@H]3CCC12O3)c1ccc(N(CC)CC)cc1. The lowest BCUT2D eigenvalue weighted by Crippen LogP contribution is -2.59. The zero-order valence-corrected chi connectivity index (χ0v) is 23.0. The first kappa shape index (κ1) is 28.1. The molecule has 4 rings (SSSR count). The molecule has 0 aliphatic carbocycles. The highest BCUT2D eigenvalue weighted by molar-refractivity contribution is 6.05. The lowest BCUT2D eigenvalue weighted by Gasteiger charge is -2.39. The molecule has 1 aromatic carbocycles. The summed E-state index contributed by atoms with van der Waals surface area (Å²) in [5.41, 5.74) is 0.603. The second-order valence-corrected chi connectivity index (χ2v) is 10.2. The summed E-state index contributed by atoms with van der Waals surface area (Å²) in [6.07, 6.45) is 2.71. The maximum Gasteiger partial charge on any atom is 0.312 e. The third-order valence-electron chi connectivity index (χ3n) is 8.47. The van der Waals surface area contributed by atoms with Gasteiger partial charge in [-0.3, -0.25) is 14.4 Å². The highest BCUT2D eigenvalue weighted by Gasteiger charge is 2.75. The van der Waals surface area contributed by atoms with E-state index in [4.69, 9.17) is 9.47 Å². The van der Waals surface area contributed by atoms with Crippen molar-refractivity contribution in [3.05, 3.63) is 36.9 Å². The Morgan fingerprint density at radius 1 is 1.21 bits per heavy atom. The van der Waals surface area contributed by atoms with Crippen molar-refractivity contribution in [2.24, 2.45) is 11.8 Å². The van der Waals surface area contributed by atoms with Crippen LogP contribution in [0.3, 0.4) is 0 Å². The molecule has 3 fully saturated rings. The van der Waals surface area contributed by atoms with Gasteiger partial charge in [-0.15, -0.1) is 6.58 Å². The van der Waals surface area contributed by atoms with Crippen molar-refractivity contribution >= 4 is 29.2 Å². The Kier molecular flexibility index (Phi) is 8.47. The number of likely N-dealkylation sites (tertiary alicyclic amines) is 1. The lowest BCUT2D eigenvalue weighted by atomic mass is 9.70. The molecule has 38 heavy (non-hydrogen) atoms. The van der Waals surface area contributed by atoms with E-state index in [-0.39, 0.29) is 31.6 Å². The van der Waals surface area contributed by atoms with Crippen molar-refractivity contribution in [1.29, 1.82) is 0 Å². The van der Waals surface area contributed by atoms with Crippen molar-refractivity contribution in [2.45, 2.75) is 70.7 Å². The minimum atomic E-state index is -1.14. The van der Waals surface area contributed by atoms with Gasteiger partial charge in [0, 0.05) is 31.0 Å². The van der Waals surface area contributed by atoms with Gasteiger partial charge in [-0.2, -0.15) is 0 Å². The normalized spacial score (nSPS) is 28.2. The van der Waals surface area contributed by atoms with E-state index in [0.717, 1.165) is 18.8 Å². The van der Waals surface area contributed by atoms with Crippen molar-refractivity contribution < 1.29 is 29.0 Å². The number of hydrogen-bond acceptors (Lipinski definition) is 7. The largest absolute Gasteiger partial charge is 0.466 e. The van der Waals surface area contributed by atoms with Gasteiger partial charge in [-0.1, -0.05) is 13.0 Å². The molecule has 2 bridgehead atoms. The van der Waals surface area contributed by atoms with E-state index >= 15 is 0 Å². The first-order valence-electron chi connectivity index (χ1n) is 13.9. The number of aliphatic hydroxyl groups excluding tert-OH is 1. The van der Waals surface area contributed by atoms with Gasteiger partial charge in [-0.25, -0.2) is 0 Å². The van der Waals surface area contributed by atoms with Gasteiger partial charge < -0.3 is 29.3 Å². The third kappa shape index (κ3) is 4.39.